The summed E-state index contributed by atoms with van der Waals surface area (Å²) in [4.78, 5) is 33.3. The maximum atomic E-state index is 13.4. The average Bonchev–Trinajstić information content (AvgIpc) is 3.55. The Morgan fingerprint density at radius 1 is 1.08 bits per heavy atom. The molecule has 0 unspecified atom stereocenters. The van der Waals surface area contributed by atoms with Crippen LogP contribution in [0.5, 0.6) is 0 Å². The van der Waals surface area contributed by atoms with Crippen LogP contribution >= 0.6 is 24.0 Å². The number of furan rings is 1. The predicted octanol–water partition coefficient (Wildman–Crippen LogP) is 4.36. The molecule has 0 spiro atoms. The number of thioether (sulfide) groups is 1. The molecule has 8 nitrogen and oxygen atoms in total. The van der Waals surface area contributed by atoms with Crippen molar-refractivity contribution in [1.29, 1.82) is 5.26 Å². The van der Waals surface area contributed by atoms with Gasteiger partial charge in [-0.25, -0.2) is 0 Å². The van der Waals surface area contributed by atoms with Crippen LogP contribution in [0.1, 0.15) is 34.9 Å². The van der Waals surface area contributed by atoms with Crippen LogP contribution in [0.2, 0.25) is 0 Å². The van der Waals surface area contributed by atoms with Crippen LogP contribution in [0, 0.1) is 18.3 Å². The Morgan fingerprint density at radius 3 is 2.46 bits per heavy atom. The zero-order valence-electron chi connectivity index (χ0n) is 21.9. The number of thiocarbonyl (C=S) groups is 1. The fourth-order valence-corrected chi connectivity index (χ4v) is 6.30. The molecule has 2 saturated heterocycles. The summed E-state index contributed by atoms with van der Waals surface area (Å²) in [7, 11) is 0. The number of pyridine rings is 1. The van der Waals surface area contributed by atoms with Crippen LogP contribution in [0.3, 0.4) is 0 Å². The lowest BCUT2D eigenvalue weighted by Gasteiger charge is -2.38. The molecule has 39 heavy (non-hydrogen) atoms. The Labute approximate surface area is 237 Å². The van der Waals surface area contributed by atoms with Crippen LogP contribution in [-0.2, 0) is 24.4 Å². The molecule has 1 amide bonds. The van der Waals surface area contributed by atoms with Crippen molar-refractivity contribution in [2.75, 3.05) is 31.1 Å². The number of hydrogen-bond donors (Lipinski definition) is 0. The summed E-state index contributed by atoms with van der Waals surface area (Å²) >= 11 is 6.75. The van der Waals surface area contributed by atoms with E-state index in [-0.39, 0.29) is 23.6 Å². The Morgan fingerprint density at radius 2 is 1.82 bits per heavy atom. The van der Waals surface area contributed by atoms with Crippen molar-refractivity contribution in [3.8, 4) is 6.07 Å². The predicted molar refractivity (Wildman–Crippen MR) is 157 cm³/mol. The highest BCUT2D eigenvalue weighted by molar-refractivity contribution is 8.26. The van der Waals surface area contributed by atoms with Gasteiger partial charge in [0.1, 0.15) is 27.5 Å². The smallest absolute Gasteiger partial charge is 0.270 e. The quantitative estimate of drug-likeness (QED) is 0.312. The van der Waals surface area contributed by atoms with E-state index in [1.54, 1.807) is 36.0 Å². The van der Waals surface area contributed by atoms with E-state index in [2.05, 4.69) is 40.1 Å². The lowest BCUT2D eigenvalue weighted by Crippen LogP contribution is -2.48. The summed E-state index contributed by atoms with van der Waals surface area (Å²) in [6.07, 6.45) is 3.37. The molecule has 0 bridgehead atoms. The van der Waals surface area contributed by atoms with Crippen molar-refractivity contribution in [2.45, 2.75) is 33.5 Å². The number of piperazine rings is 1. The number of benzene rings is 1. The van der Waals surface area contributed by atoms with Crippen LogP contribution in [0.15, 0.2) is 62.8 Å². The Hall–Kier alpha value is -3.65. The lowest BCUT2D eigenvalue weighted by atomic mass is 10.0. The number of carbonyl (C=O) groups is 1. The summed E-state index contributed by atoms with van der Waals surface area (Å²) in [6, 6.07) is 16.1. The van der Waals surface area contributed by atoms with Crippen molar-refractivity contribution in [2.24, 2.45) is 0 Å². The summed E-state index contributed by atoms with van der Waals surface area (Å²) in [5, 5.41) is 9.84. The second-order valence-corrected chi connectivity index (χ2v) is 11.2. The van der Waals surface area contributed by atoms with Gasteiger partial charge in [0.05, 0.1) is 17.7 Å². The van der Waals surface area contributed by atoms with E-state index in [0.29, 0.717) is 32.7 Å². The minimum absolute atomic E-state index is 0.0978. The highest BCUT2D eigenvalue weighted by atomic mass is 32.2. The number of aromatic nitrogens is 1. The Kier molecular flexibility index (Phi) is 8.02. The monoisotopic (exact) mass is 559 g/mol. The lowest BCUT2D eigenvalue weighted by molar-refractivity contribution is -0.122. The second-order valence-electron chi connectivity index (χ2n) is 9.49. The Balaban J connectivity index is 1.49. The Bertz CT molecular complexity index is 1510. The third kappa shape index (κ3) is 5.43. The van der Waals surface area contributed by atoms with Gasteiger partial charge in [0, 0.05) is 44.8 Å². The van der Waals surface area contributed by atoms with E-state index in [4.69, 9.17) is 16.6 Å². The highest BCUT2D eigenvalue weighted by Crippen LogP contribution is 2.36. The van der Waals surface area contributed by atoms with Crippen LogP contribution in [-0.4, -0.2) is 50.8 Å². The molecule has 3 aromatic rings. The van der Waals surface area contributed by atoms with Gasteiger partial charge in [-0.15, -0.1) is 0 Å². The normalized spacial score (nSPS) is 17.3. The third-order valence-corrected chi connectivity index (χ3v) is 8.50. The van der Waals surface area contributed by atoms with E-state index in [9.17, 15) is 14.9 Å². The molecule has 1 aromatic carbocycles. The summed E-state index contributed by atoms with van der Waals surface area (Å²) in [5.74, 6) is 1.17. The van der Waals surface area contributed by atoms with Gasteiger partial charge in [-0.1, -0.05) is 54.3 Å². The maximum absolute atomic E-state index is 13.4. The van der Waals surface area contributed by atoms with Gasteiger partial charge in [-0.05, 0) is 43.2 Å². The first kappa shape index (κ1) is 26.9. The van der Waals surface area contributed by atoms with Gasteiger partial charge in [-0.3, -0.25) is 24.0 Å². The molecule has 5 rings (SSSR count). The highest BCUT2D eigenvalue weighted by Gasteiger charge is 2.34. The molecule has 10 heteroatoms. The molecule has 2 aliphatic rings. The summed E-state index contributed by atoms with van der Waals surface area (Å²) < 4.78 is 7.52. The zero-order valence-corrected chi connectivity index (χ0v) is 23.6. The number of hydrogen-bond acceptors (Lipinski definition) is 8. The van der Waals surface area contributed by atoms with E-state index in [0.717, 1.165) is 38.5 Å². The molecule has 0 aliphatic carbocycles. The molecular formula is C29H29N5O3S2. The first-order valence-corrected chi connectivity index (χ1v) is 14.1. The first-order valence-electron chi connectivity index (χ1n) is 12.9. The van der Waals surface area contributed by atoms with Crippen molar-refractivity contribution in [3.05, 3.63) is 92.0 Å². The van der Waals surface area contributed by atoms with E-state index >= 15 is 0 Å². The van der Waals surface area contributed by atoms with Gasteiger partial charge < -0.3 is 9.32 Å². The van der Waals surface area contributed by atoms with Gasteiger partial charge >= 0.3 is 0 Å². The van der Waals surface area contributed by atoms with Crippen LogP contribution < -0.4 is 10.5 Å². The molecule has 200 valence electrons. The molecule has 0 saturated carbocycles. The van der Waals surface area contributed by atoms with Crippen LogP contribution in [0.4, 0.5) is 5.82 Å². The summed E-state index contributed by atoms with van der Waals surface area (Å²) in [6.45, 7) is 8.32. The number of amides is 1. The van der Waals surface area contributed by atoms with Crippen molar-refractivity contribution < 1.29 is 9.21 Å². The maximum Gasteiger partial charge on any atom is 0.270 e. The molecular weight excluding hydrogens is 530 g/mol. The number of rotatable bonds is 7. The largest absolute Gasteiger partial charge is 0.467 e. The molecule has 2 aliphatic heterocycles. The third-order valence-electron chi connectivity index (χ3n) is 7.13. The number of carbonyl (C=O) groups excluding carboxylic acids is 1. The fourth-order valence-electron chi connectivity index (χ4n) is 5.06. The van der Waals surface area contributed by atoms with E-state index in [1.807, 2.05) is 13.0 Å². The van der Waals surface area contributed by atoms with Crippen LogP contribution in [0.25, 0.3) is 6.08 Å². The van der Waals surface area contributed by atoms with Gasteiger partial charge in [0.25, 0.3) is 11.5 Å². The average molecular weight is 560 g/mol. The molecule has 0 radical (unpaired) electrons. The standard InChI is InChI=1S/C29H29N5O3S2/c1-3-33-26(32-13-11-31(12-14-32)18-21-8-5-4-6-9-21)23(20(2)24(17-30)27(33)35)16-25-28(36)34(29(38)39-25)19-22-10-7-15-37-22/h4-10,15-16H,3,11-14,18-19H2,1-2H3/b25-16-. The fraction of sp³-hybridized carbons (Fsp3) is 0.310. The number of nitrogens with zero attached hydrogens (tertiary/aromatic N) is 5. The van der Waals surface area contributed by atoms with Crippen molar-refractivity contribution in [3.63, 3.8) is 0 Å². The van der Waals surface area contributed by atoms with Gasteiger partial charge in [0.15, 0.2) is 0 Å². The molecule has 0 atom stereocenters. The van der Waals surface area contributed by atoms with Crippen molar-refractivity contribution >= 4 is 46.1 Å². The zero-order chi connectivity index (χ0) is 27.5. The SMILES string of the molecule is CCn1c(N2CCN(Cc3ccccc3)CC2)c(/C=C2\SC(=S)N(Cc3ccco3)C2=O)c(C)c(C#N)c1=O. The molecule has 2 fully saturated rings. The minimum Gasteiger partial charge on any atom is -0.467 e. The minimum atomic E-state index is -0.304. The number of anilines is 1. The molecule has 4 heterocycles. The van der Waals surface area contributed by atoms with E-state index < -0.39 is 0 Å². The van der Waals surface area contributed by atoms with E-state index in [1.165, 1.54) is 22.2 Å². The van der Waals surface area contributed by atoms with Gasteiger partial charge in [-0.2, -0.15) is 5.26 Å². The first-order chi connectivity index (χ1) is 18.9. The molecule has 2 aromatic heterocycles. The van der Waals surface area contributed by atoms with Gasteiger partial charge in [0.2, 0.25) is 0 Å². The number of nitriles is 1. The topological polar surface area (TPSA) is 85.7 Å². The molecule has 0 N–H and O–H groups in total. The van der Waals surface area contributed by atoms with Crippen molar-refractivity contribution in [1.82, 2.24) is 14.4 Å². The summed E-state index contributed by atoms with van der Waals surface area (Å²) in [5.41, 5.74) is 2.35. The second kappa shape index (κ2) is 11.6.